The quantitative estimate of drug-likeness (QED) is 0.797. The van der Waals surface area contributed by atoms with E-state index in [1.54, 1.807) is 0 Å². The molecule has 0 amide bonds. The average molecular weight is 232 g/mol. The number of para-hydroxylation sites is 2. The van der Waals surface area contributed by atoms with Crippen LogP contribution >= 0.6 is 0 Å². The Kier molecular flexibility index (Phi) is 2.73. The van der Waals surface area contributed by atoms with Gasteiger partial charge in [0.25, 0.3) is 6.01 Å². The molecule has 1 aromatic heterocycles. The molecule has 0 saturated carbocycles. The van der Waals surface area contributed by atoms with Gasteiger partial charge in [-0.1, -0.05) is 19.1 Å². The van der Waals surface area contributed by atoms with Crippen LogP contribution in [-0.2, 0) is 4.74 Å². The van der Waals surface area contributed by atoms with E-state index >= 15 is 0 Å². The molecule has 90 valence electrons. The van der Waals surface area contributed by atoms with E-state index in [9.17, 15) is 0 Å². The van der Waals surface area contributed by atoms with Crippen molar-refractivity contribution in [3.63, 3.8) is 0 Å². The summed E-state index contributed by atoms with van der Waals surface area (Å²) in [6, 6.07) is 8.97. The number of oxazole rings is 1. The summed E-state index contributed by atoms with van der Waals surface area (Å²) >= 11 is 0. The van der Waals surface area contributed by atoms with Gasteiger partial charge in [-0.05, 0) is 18.6 Å². The maximum Gasteiger partial charge on any atom is 0.298 e. The van der Waals surface area contributed by atoms with Gasteiger partial charge in [0.1, 0.15) is 5.52 Å². The Bertz CT molecular complexity index is 476. The number of morpholine rings is 1. The van der Waals surface area contributed by atoms with Gasteiger partial charge in [0.15, 0.2) is 5.58 Å². The van der Waals surface area contributed by atoms with Crippen LogP contribution in [0.2, 0.25) is 0 Å². The van der Waals surface area contributed by atoms with Gasteiger partial charge in [-0.2, -0.15) is 4.98 Å². The third-order valence-corrected chi connectivity index (χ3v) is 3.23. The number of anilines is 1. The standard InChI is InChI=1S/C13H16N2O2/c1-2-10-9-16-8-7-15(10)13-14-11-5-3-4-6-12(11)17-13/h3-6,10H,2,7-9H2,1H3. The van der Waals surface area contributed by atoms with Crippen molar-refractivity contribution >= 4 is 17.1 Å². The van der Waals surface area contributed by atoms with Crippen LogP contribution < -0.4 is 4.90 Å². The molecule has 0 aliphatic carbocycles. The summed E-state index contributed by atoms with van der Waals surface area (Å²) < 4.78 is 11.3. The fourth-order valence-corrected chi connectivity index (χ4v) is 2.23. The molecular formula is C13H16N2O2. The molecule has 0 radical (unpaired) electrons. The predicted octanol–water partition coefficient (Wildman–Crippen LogP) is 2.44. The third kappa shape index (κ3) is 1.89. The van der Waals surface area contributed by atoms with Crippen molar-refractivity contribution in [2.75, 3.05) is 24.7 Å². The van der Waals surface area contributed by atoms with Gasteiger partial charge in [-0.15, -0.1) is 0 Å². The van der Waals surface area contributed by atoms with Gasteiger partial charge in [0, 0.05) is 6.54 Å². The average Bonchev–Trinajstić information content (AvgIpc) is 2.82. The number of aromatic nitrogens is 1. The van der Waals surface area contributed by atoms with Crippen molar-refractivity contribution in [2.24, 2.45) is 0 Å². The normalized spacial score (nSPS) is 21.0. The van der Waals surface area contributed by atoms with E-state index in [4.69, 9.17) is 9.15 Å². The molecule has 2 aromatic rings. The second-order valence-corrected chi connectivity index (χ2v) is 4.29. The van der Waals surface area contributed by atoms with Crippen LogP contribution in [-0.4, -0.2) is 30.8 Å². The summed E-state index contributed by atoms with van der Waals surface area (Å²) in [7, 11) is 0. The molecule has 2 heterocycles. The minimum absolute atomic E-state index is 0.372. The Morgan fingerprint density at radius 1 is 1.41 bits per heavy atom. The second kappa shape index (κ2) is 4.37. The van der Waals surface area contributed by atoms with E-state index in [0.717, 1.165) is 43.3 Å². The molecule has 3 rings (SSSR count). The molecule has 1 atom stereocenters. The van der Waals surface area contributed by atoms with E-state index in [2.05, 4.69) is 16.8 Å². The van der Waals surface area contributed by atoms with E-state index in [0.29, 0.717) is 6.04 Å². The minimum atomic E-state index is 0.372. The van der Waals surface area contributed by atoms with Crippen molar-refractivity contribution in [3.8, 4) is 0 Å². The van der Waals surface area contributed by atoms with Gasteiger partial charge in [0.05, 0.1) is 19.3 Å². The minimum Gasteiger partial charge on any atom is -0.423 e. The summed E-state index contributed by atoms with van der Waals surface area (Å²) in [5.41, 5.74) is 1.77. The smallest absolute Gasteiger partial charge is 0.298 e. The molecule has 1 aliphatic heterocycles. The molecule has 1 saturated heterocycles. The Morgan fingerprint density at radius 2 is 2.29 bits per heavy atom. The molecule has 0 N–H and O–H groups in total. The van der Waals surface area contributed by atoms with Gasteiger partial charge < -0.3 is 14.1 Å². The molecular weight excluding hydrogens is 216 g/mol. The van der Waals surface area contributed by atoms with Crippen molar-refractivity contribution in [1.82, 2.24) is 4.98 Å². The Labute approximate surface area is 100 Å². The van der Waals surface area contributed by atoms with E-state index < -0.39 is 0 Å². The zero-order valence-electron chi connectivity index (χ0n) is 9.93. The first-order valence-corrected chi connectivity index (χ1v) is 6.08. The van der Waals surface area contributed by atoms with Crippen LogP contribution in [0.4, 0.5) is 6.01 Å². The Hall–Kier alpha value is -1.55. The molecule has 1 aliphatic rings. The molecule has 4 nitrogen and oxygen atoms in total. The molecule has 0 spiro atoms. The lowest BCUT2D eigenvalue weighted by Gasteiger charge is -2.33. The summed E-state index contributed by atoms with van der Waals surface area (Å²) in [5, 5.41) is 0. The van der Waals surface area contributed by atoms with Crippen LogP contribution in [0.15, 0.2) is 28.7 Å². The van der Waals surface area contributed by atoms with Crippen LogP contribution in [0.25, 0.3) is 11.1 Å². The lowest BCUT2D eigenvalue weighted by atomic mass is 10.2. The molecule has 17 heavy (non-hydrogen) atoms. The number of hydrogen-bond acceptors (Lipinski definition) is 4. The highest BCUT2D eigenvalue weighted by molar-refractivity contribution is 5.74. The van der Waals surface area contributed by atoms with E-state index in [1.807, 2.05) is 24.3 Å². The highest BCUT2D eigenvalue weighted by Crippen LogP contribution is 2.25. The highest BCUT2D eigenvalue weighted by Gasteiger charge is 2.25. The first-order chi connectivity index (χ1) is 8.38. The first-order valence-electron chi connectivity index (χ1n) is 6.08. The monoisotopic (exact) mass is 232 g/mol. The maximum absolute atomic E-state index is 5.80. The van der Waals surface area contributed by atoms with E-state index in [1.165, 1.54) is 0 Å². The maximum atomic E-state index is 5.80. The van der Waals surface area contributed by atoms with Crippen LogP contribution in [0.5, 0.6) is 0 Å². The zero-order chi connectivity index (χ0) is 11.7. The Morgan fingerprint density at radius 3 is 3.12 bits per heavy atom. The zero-order valence-corrected chi connectivity index (χ0v) is 9.93. The van der Waals surface area contributed by atoms with Crippen molar-refractivity contribution in [1.29, 1.82) is 0 Å². The van der Waals surface area contributed by atoms with Crippen LogP contribution in [0.1, 0.15) is 13.3 Å². The van der Waals surface area contributed by atoms with Crippen LogP contribution in [0.3, 0.4) is 0 Å². The number of benzene rings is 1. The number of hydrogen-bond donors (Lipinski definition) is 0. The molecule has 4 heteroatoms. The number of fused-ring (bicyclic) bond motifs is 1. The van der Waals surface area contributed by atoms with Gasteiger partial charge in [-0.3, -0.25) is 0 Å². The van der Waals surface area contributed by atoms with Gasteiger partial charge >= 0.3 is 0 Å². The van der Waals surface area contributed by atoms with E-state index in [-0.39, 0.29) is 0 Å². The SMILES string of the molecule is CCC1COCCN1c1nc2ccccc2o1. The number of nitrogens with zero attached hydrogens (tertiary/aromatic N) is 2. The highest BCUT2D eigenvalue weighted by atomic mass is 16.5. The van der Waals surface area contributed by atoms with Crippen molar-refractivity contribution < 1.29 is 9.15 Å². The summed E-state index contributed by atoms with van der Waals surface area (Å²) in [6.45, 7) is 4.52. The van der Waals surface area contributed by atoms with Crippen molar-refractivity contribution in [3.05, 3.63) is 24.3 Å². The molecule has 0 bridgehead atoms. The predicted molar refractivity (Wildman–Crippen MR) is 66.3 cm³/mol. The third-order valence-electron chi connectivity index (χ3n) is 3.23. The summed E-state index contributed by atoms with van der Waals surface area (Å²) in [6.07, 6.45) is 1.04. The van der Waals surface area contributed by atoms with Gasteiger partial charge in [0.2, 0.25) is 0 Å². The fourth-order valence-electron chi connectivity index (χ4n) is 2.23. The van der Waals surface area contributed by atoms with Gasteiger partial charge in [-0.25, -0.2) is 0 Å². The fraction of sp³-hybridized carbons (Fsp3) is 0.462. The lowest BCUT2D eigenvalue weighted by Crippen LogP contribution is -2.45. The molecule has 1 aromatic carbocycles. The first kappa shape index (κ1) is 10.6. The largest absolute Gasteiger partial charge is 0.423 e. The topological polar surface area (TPSA) is 38.5 Å². The molecule has 1 unspecified atom stereocenters. The lowest BCUT2D eigenvalue weighted by molar-refractivity contribution is 0.0903. The number of ether oxygens (including phenoxy) is 1. The summed E-state index contributed by atoms with van der Waals surface area (Å²) in [4.78, 5) is 6.75. The van der Waals surface area contributed by atoms with Crippen molar-refractivity contribution in [2.45, 2.75) is 19.4 Å². The second-order valence-electron chi connectivity index (χ2n) is 4.29. The summed E-state index contributed by atoms with van der Waals surface area (Å²) in [5.74, 6) is 0. The number of rotatable bonds is 2. The Balaban J connectivity index is 1.96. The molecule has 1 fully saturated rings. The van der Waals surface area contributed by atoms with Crippen LogP contribution in [0, 0.1) is 0 Å².